The topological polar surface area (TPSA) is 17.1 Å². The van der Waals surface area contributed by atoms with Crippen LogP contribution >= 0.6 is 23.2 Å². The molecule has 1 nitrogen and oxygen atoms in total. The summed E-state index contributed by atoms with van der Waals surface area (Å²) in [5, 5.41) is 0. The first kappa shape index (κ1) is 15.7. The van der Waals surface area contributed by atoms with Gasteiger partial charge in [-0.05, 0) is 19.4 Å². The summed E-state index contributed by atoms with van der Waals surface area (Å²) in [5.41, 5.74) is 1.93. The van der Waals surface area contributed by atoms with Crippen LogP contribution < -0.4 is 0 Å². The number of aryl methyl sites for hydroxylation is 1. The molecule has 0 fully saturated rings. The Bertz CT molecular complexity index is 507. The van der Waals surface area contributed by atoms with Gasteiger partial charge in [0.25, 0.3) is 0 Å². The van der Waals surface area contributed by atoms with E-state index < -0.39 is 4.33 Å². The Morgan fingerprint density at radius 2 is 1.32 bits per heavy atom. The lowest BCUT2D eigenvalue weighted by molar-refractivity contribution is -0.117. The molecular formula is C16H16Cl2O. The normalized spacial score (nSPS) is 10.3. The number of carbonyl (C=O) groups is 1. The van der Waals surface area contributed by atoms with Gasteiger partial charge in [-0.1, -0.05) is 89.4 Å². The Hall–Kier alpha value is -1.31. The molecule has 0 saturated heterocycles. The summed E-state index contributed by atoms with van der Waals surface area (Å²) in [6, 6.07) is 19.1. The van der Waals surface area contributed by atoms with Crippen molar-refractivity contribution in [1.29, 1.82) is 0 Å². The maximum Gasteiger partial charge on any atom is 0.200 e. The van der Waals surface area contributed by atoms with Gasteiger partial charge in [-0.2, -0.15) is 0 Å². The summed E-state index contributed by atoms with van der Waals surface area (Å²) >= 11 is 11.6. The summed E-state index contributed by atoms with van der Waals surface area (Å²) in [6.07, 6.45) is 0. The van der Waals surface area contributed by atoms with Crippen molar-refractivity contribution < 1.29 is 4.79 Å². The monoisotopic (exact) mass is 294 g/mol. The molecule has 0 spiro atoms. The number of ketones is 1. The van der Waals surface area contributed by atoms with Crippen LogP contribution in [-0.2, 0) is 9.13 Å². The maximum absolute atomic E-state index is 11.0. The highest BCUT2D eigenvalue weighted by molar-refractivity contribution is 6.57. The van der Waals surface area contributed by atoms with Gasteiger partial charge in [-0.3, -0.25) is 4.79 Å². The zero-order valence-electron chi connectivity index (χ0n) is 10.9. The van der Waals surface area contributed by atoms with E-state index in [9.17, 15) is 4.79 Å². The fraction of sp³-hybridized carbons (Fsp3) is 0.188. The Labute approximate surface area is 124 Å². The molecule has 0 unspecified atom stereocenters. The van der Waals surface area contributed by atoms with Crippen molar-refractivity contribution in [3.05, 3.63) is 71.8 Å². The molecule has 0 N–H and O–H groups in total. The molecule has 0 aliphatic heterocycles. The van der Waals surface area contributed by atoms with Crippen molar-refractivity contribution in [3.63, 3.8) is 0 Å². The number of Topliss-reactive ketones (excluding diaryl/α,β-unsaturated/α-hetero) is 1. The van der Waals surface area contributed by atoms with Gasteiger partial charge >= 0.3 is 0 Å². The third-order valence-electron chi connectivity index (χ3n) is 2.52. The van der Waals surface area contributed by atoms with Gasteiger partial charge in [0.05, 0.1) is 0 Å². The van der Waals surface area contributed by atoms with Crippen LogP contribution in [-0.4, -0.2) is 5.78 Å². The lowest BCUT2D eigenvalue weighted by atomic mass is 10.1. The van der Waals surface area contributed by atoms with E-state index in [2.05, 4.69) is 19.1 Å². The van der Waals surface area contributed by atoms with E-state index in [0.29, 0.717) is 5.56 Å². The van der Waals surface area contributed by atoms with E-state index in [1.54, 1.807) is 24.3 Å². The molecule has 0 saturated carbocycles. The van der Waals surface area contributed by atoms with Crippen LogP contribution in [0.2, 0.25) is 0 Å². The molecule has 19 heavy (non-hydrogen) atoms. The van der Waals surface area contributed by atoms with Gasteiger partial charge in [0.1, 0.15) is 0 Å². The maximum atomic E-state index is 11.0. The third kappa shape index (κ3) is 5.06. The second-order valence-corrected chi connectivity index (χ2v) is 5.48. The number of halogens is 2. The van der Waals surface area contributed by atoms with Crippen LogP contribution in [0.1, 0.15) is 18.1 Å². The highest BCUT2D eigenvalue weighted by Gasteiger charge is 2.31. The predicted octanol–water partition coefficient (Wildman–Crippen LogP) is 4.90. The number of hydrogen-bond donors (Lipinski definition) is 0. The zero-order valence-corrected chi connectivity index (χ0v) is 12.4. The Morgan fingerprint density at radius 3 is 1.63 bits per heavy atom. The summed E-state index contributed by atoms with van der Waals surface area (Å²) < 4.78 is -1.40. The highest BCUT2D eigenvalue weighted by atomic mass is 35.5. The molecule has 0 aromatic heterocycles. The van der Waals surface area contributed by atoms with Crippen LogP contribution in [0.25, 0.3) is 0 Å². The van der Waals surface area contributed by atoms with Crippen LogP contribution in [0.4, 0.5) is 0 Å². The highest BCUT2D eigenvalue weighted by Crippen LogP contribution is 2.34. The Balaban J connectivity index is 0.000000218. The van der Waals surface area contributed by atoms with Crippen molar-refractivity contribution >= 4 is 29.0 Å². The second-order valence-electron chi connectivity index (χ2n) is 4.15. The molecule has 0 bridgehead atoms. The predicted molar refractivity (Wildman–Crippen MR) is 81.7 cm³/mol. The molecule has 0 amide bonds. The summed E-state index contributed by atoms with van der Waals surface area (Å²) in [5.74, 6) is -0.267. The number of carbonyl (C=O) groups excluding carboxylic acids is 1. The lowest BCUT2D eigenvalue weighted by Gasteiger charge is -2.15. The van der Waals surface area contributed by atoms with Gasteiger partial charge < -0.3 is 0 Å². The molecule has 0 atom stereocenters. The summed E-state index contributed by atoms with van der Waals surface area (Å²) in [6.45, 7) is 3.45. The van der Waals surface area contributed by atoms with Gasteiger partial charge in [0.15, 0.2) is 10.1 Å². The Kier molecular flexibility index (Phi) is 6.07. The van der Waals surface area contributed by atoms with E-state index in [0.717, 1.165) is 0 Å². The molecule has 0 radical (unpaired) electrons. The third-order valence-corrected chi connectivity index (χ3v) is 3.49. The number of alkyl halides is 2. The van der Waals surface area contributed by atoms with Crippen molar-refractivity contribution in [2.45, 2.75) is 18.2 Å². The van der Waals surface area contributed by atoms with E-state index in [1.165, 1.54) is 12.5 Å². The van der Waals surface area contributed by atoms with Gasteiger partial charge in [-0.15, -0.1) is 0 Å². The van der Waals surface area contributed by atoms with E-state index in [-0.39, 0.29) is 5.78 Å². The van der Waals surface area contributed by atoms with E-state index in [1.807, 2.05) is 24.3 Å². The van der Waals surface area contributed by atoms with Crippen molar-refractivity contribution in [2.75, 3.05) is 0 Å². The molecule has 0 aliphatic rings. The molecular weight excluding hydrogens is 279 g/mol. The van der Waals surface area contributed by atoms with Crippen LogP contribution in [0.15, 0.2) is 60.7 Å². The SMILES string of the molecule is CC(=O)C(Cl)(Cl)c1ccccc1.Cc1ccccc1. The van der Waals surface area contributed by atoms with Crippen molar-refractivity contribution in [2.24, 2.45) is 0 Å². The average Bonchev–Trinajstić information content (AvgIpc) is 2.41. The van der Waals surface area contributed by atoms with Crippen molar-refractivity contribution in [3.8, 4) is 0 Å². The van der Waals surface area contributed by atoms with Crippen LogP contribution in [0.3, 0.4) is 0 Å². The molecule has 2 aromatic carbocycles. The van der Waals surface area contributed by atoms with Crippen LogP contribution in [0, 0.1) is 6.92 Å². The summed E-state index contributed by atoms with van der Waals surface area (Å²) in [7, 11) is 0. The average molecular weight is 295 g/mol. The second kappa shape index (κ2) is 7.32. The van der Waals surface area contributed by atoms with Gasteiger partial charge in [0.2, 0.25) is 0 Å². The molecule has 2 rings (SSSR count). The smallest absolute Gasteiger partial charge is 0.200 e. The molecule has 2 aromatic rings. The standard InChI is InChI=1S/C9H8Cl2O.C7H8/c1-7(12)9(10,11)8-5-3-2-4-6-8;1-7-5-3-2-4-6-7/h2-6H,1H3;2-6H,1H3. The molecule has 0 aliphatic carbocycles. The largest absolute Gasteiger partial charge is 0.296 e. The first-order chi connectivity index (χ1) is 8.94. The van der Waals surface area contributed by atoms with Crippen LogP contribution in [0.5, 0.6) is 0 Å². The number of rotatable bonds is 2. The Morgan fingerprint density at radius 1 is 0.895 bits per heavy atom. The lowest BCUT2D eigenvalue weighted by Crippen LogP contribution is -2.19. The minimum atomic E-state index is -1.40. The fourth-order valence-electron chi connectivity index (χ4n) is 1.39. The van der Waals surface area contributed by atoms with E-state index in [4.69, 9.17) is 23.2 Å². The van der Waals surface area contributed by atoms with E-state index >= 15 is 0 Å². The number of benzene rings is 2. The molecule has 0 heterocycles. The first-order valence-electron chi connectivity index (χ1n) is 5.90. The first-order valence-corrected chi connectivity index (χ1v) is 6.66. The summed E-state index contributed by atoms with van der Waals surface area (Å²) in [4.78, 5) is 11.0. The van der Waals surface area contributed by atoms with Gasteiger partial charge in [-0.25, -0.2) is 0 Å². The van der Waals surface area contributed by atoms with Gasteiger partial charge in [0, 0.05) is 0 Å². The number of hydrogen-bond acceptors (Lipinski definition) is 1. The quantitative estimate of drug-likeness (QED) is 0.720. The minimum Gasteiger partial charge on any atom is -0.296 e. The zero-order chi connectivity index (χ0) is 14.3. The molecule has 3 heteroatoms. The fourth-order valence-corrected chi connectivity index (χ4v) is 1.64. The van der Waals surface area contributed by atoms with Crippen molar-refractivity contribution in [1.82, 2.24) is 0 Å². The molecule has 100 valence electrons. The minimum absolute atomic E-state index is 0.267.